The molecule has 1 saturated heterocycles. The molecule has 1 aliphatic heterocycles. The van der Waals surface area contributed by atoms with Crippen molar-refractivity contribution in [1.82, 2.24) is 20.9 Å². The monoisotopic (exact) mass is 600 g/mol. The summed E-state index contributed by atoms with van der Waals surface area (Å²) < 4.78 is 0. The molecular weight excluding hydrogens is 548 g/mol. The molecule has 7 nitrogen and oxygen atoms in total. The van der Waals surface area contributed by atoms with E-state index in [1.54, 1.807) is 4.90 Å². The first-order valence-corrected chi connectivity index (χ1v) is 15.9. The van der Waals surface area contributed by atoms with Gasteiger partial charge in [0.2, 0.25) is 17.7 Å². The van der Waals surface area contributed by atoms with E-state index in [0.29, 0.717) is 31.8 Å². The third-order valence-electron chi connectivity index (χ3n) is 8.19. The van der Waals surface area contributed by atoms with Crippen molar-refractivity contribution >= 4 is 40.9 Å². The largest absolute Gasteiger partial charge is 0.354 e. The molecule has 3 N–H and O–H groups in total. The quantitative estimate of drug-likeness (QED) is 0.205. The average Bonchev–Trinajstić information content (AvgIpc) is 3.46. The highest BCUT2D eigenvalue weighted by Gasteiger charge is 2.37. The van der Waals surface area contributed by atoms with Gasteiger partial charge in [0.05, 0.1) is 0 Å². The molecule has 1 aliphatic rings. The summed E-state index contributed by atoms with van der Waals surface area (Å²) in [7, 11) is 0. The molecule has 0 aliphatic carbocycles. The molecule has 234 valence electrons. The van der Waals surface area contributed by atoms with Crippen LogP contribution >= 0.6 is 12.4 Å². The summed E-state index contributed by atoms with van der Waals surface area (Å²) in [5.74, 6) is 0.265. The van der Waals surface area contributed by atoms with Crippen LogP contribution in [0.4, 0.5) is 0 Å². The second-order valence-corrected chi connectivity index (χ2v) is 12.0. The normalized spacial score (nSPS) is 15.6. The standard InChI is InChI=1S/C34H52N4O3.ClH/c1-5-27(6-2)34(41)38-21-13-16-31(38)33(40)37-30(23-26-17-18-28-14-9-10-15-29(28)22-26)32(39)36-20-12-8-7-11-19-35-24-25(3)4;/h9-10,14-15,17-18,22,25,27,30-31,35H,5-8,11-13,16,19-21,23-24H2,1-4H3,(H,36,39)(H,37,40);1H/t30-,31?;/m1./s1. The maximum atomic E-state index is 13.5. The number of halogens is 1. The molecule has 0 spiro atoms. The zero-order chi connectivity index (χ0) is 29.6. The second kappa shape index (κ2) is 18.8. The number of likely N-dealkylation sites (tertiary alicyclic amines) is 1. The number of rotatable bonds is 17. The summed E-state index contributed by atoms with van der Waals surface area (Å²) in [6, 6.07) is 13.1. The van der Waals surface area contributed by atoms with Gasteiger partial charge in [0.1, 0.15) is 12.1 Å². The van der Waals surface area contributed by atoms with Crippen LogP contribution in [0.2, 0.25) is 0 Å². The van der Waals surface area contributed by atoms with Crippen molar-refractivity contribution in [2.45, 2.75) is 97.6 Å². The van der Waals surface area contributed by atoms with Crippen LogP contribution in [-0.2, 0) is 20.8 Å². The van der Waals surface area contributed by atoms with Crippen LogP contribution < -0.4 is 16.0 Å². The van der Waals surface area contributed by atoms with Gasteiger partial charge in [-0.3, -0.25) is 14.4 Å². The Hall–Kier alpha value is -2.64. The predicted molar refractivity (Wildman–Crippen MR) is 175 cm³/mol. The van der Waals surface area contributed by atoms with Crippen molar-refractivity contribution in [2.75, 3.05) is 26.2 Å². The Labute approximate surface area is 259 Å². The third-order valence-corrected chi connectivity index (χ3v) is 8.19. The SMILES string of the molecule is CCC(CC)C(=O)N1CCCC1C(=O)N[C@H](Cc1ccc2ccccc2c1)C(=O)NCCCCCCNCC(C)C.Cl. The lowest BCUT2D eigenvalue weighted by molar-refractivity contribution is -0.142. The van der Waals surface area contributed by atoms with Crippen molar-refractivity contribution in [3.63, 3.8) is 0 Å². The number of hydrogen-bond donors (Lipinski definition) is 3. The average molecular weight is 601 g/mol. The molecule has 1 heterocycles. The number of carbonyl (C=O) groups excluding carboxylic acids is 3. The molecule has 2 aromatic carbocycles. The van der Waals surface area contributed by atoms with Gasteiger partial charge < -0.3 is 20.9 Å². The summed E-state index contributed by atoms with van der Waals surface area (Å²) >= 11 is 0. The van der Waals surface area contributed by atoms with Crippen molar-refractivity contribution in [3.8, 4) is 0 Å². The van der Waals surface area contributed by atoms with Gasteiger partial charge in [0.25, 0.3) is 0 Å². The maximum absolute atomic E-state index is 13.5. The molecule has 0 saturated carbocycles. The number of amides is 3. The Morgan fingerprint density at radius 2 is 1.62 bits per heavy atom. The summed E-state index contributed by atoms with van der Waals surface area (Å²) in [6.45, 7) is 11.7. The van der Waals surface area contributed by atoms with Gasteiger partial charge in [-0.05, 0) is 73.9 Å². The maximum Gasteiger partial charge on any atom is 0.243 e. The van der Waals surface area contributed by atoms with Crippen LogP contribution in [0.15, 0.2) is 42.5 Å². The van der Waals surface area contributed by atoms with E-state index in [2.05, 4.69) is 54.1 Å². The van der Waals surface area contributed by atoms with Crippen LogP contribution in [0.3, 0.4) is 0 Å². The lowest BCUT2D eigenvalue weighted by Crippen LogP contribution is -2.54. The number of nitrogens with zero attached hydrogens (tertiary/aromatic N) is 1. The first-order chi connectivity index (χ1) is 19.8. The smallest absolute Gasteiger partial charge is 0.243 e. The van der Waals surface area contributed by atoms with Gasteiger partial charge in [-0.15, -0.1) is 12.4 Å². The number of hydrogen-bond acceptors (Lipinski definition) is 4. The highest BCUT2D eigenvalue weighted by molar-refractivity contribution is 5.93. The fourth-order valence-electron chi connectivity index (χ4n) is 5.71. The minimum Gasteiger partial charge on any atom is -0.354 e. The van der Waals surface area contributed by atoms with E-state index in [1.807, 2.05) is 32.0 Å². The highest BCUT2D eigenvalue weighted by Crippen LogP contribution is 2.23. The summed E-state index contributed by atoms with van der Waals surface area (Å²) in [4.78, 5) is 41.8. The molecule has 3 amide bonds. The molecule has 2 aromatic rings. The van der Waals surface area contributed by atoms with E-state index in [1.165, 1.54) is 0 Å². The first-order valence-electron chi connectivity index (χ1n) is 15.9. The number of benzene rings is 2. The Bertz CT molecular complexity index is 1120. The predicted octanol–water partition coefficient (Wildman–Crippen LogP) is 5.64. The molecule has 0 radical (unpaired) electrons. The van der Waals surface area contributed by atoms with Gasteiger partial charge >= 0.3 is 0 Å². The molecule has 0 bridgehead atoms. The Morgan fingerprint density at radius 3 is 2.31 bits per heavy atom. The van der Waals surface area contributed by atoms with Crippen LogP contribution in [0.5, 0.6) is 0 Å². The van der Waals surface area contributed by atoms with Crippen molar-refractivity contribution < 1.29 is 14.4 Å². The van der Waals surface area contributed by atoms with Gasteiger partial charge in [0.15, 0.2) is 0 Å². The van der Waals surface area contributed by atoms with Gasteiger partial charge in [-0.2, -0.15) is 0 Å². The molecule has 1 fully saturated rings. The van der Waals surface area contributed by atoms with Crippen LogP contribution in [0.25, 0.3) is 10.8 Å². The number of nitrogens with one attached hydrogen (secondary N) is 3. The zero-order valence-corrected chi connectivity index (χ0v) is 26.9. The molecule has 0 aromatic heterocycles. The first kappa shape index (κ1) is 35.6. The van der Waals surface area contributed by atoms with Crippen molar-refractivity contribution in [2.24, 2.45) is 11.8 Å². The Morgan fingerprint density at radius 1 is 0.929 bits per heavy atom. The molecular formula is C34H53ClN4O3. The molecule has 1 unspecified atom stereocenters. The minimum absolute atomic E-state index is 0. The van der Waals surface area contributed by atoms with E-state index < -0.39 is 12.1 Å². The number of unbranched alkanes of at least 4 members (excludes halogenated alkanes) is 3. The van der Waals surface area contributed by atoms with Crippen LogP contribution in [0, 0.1) is 11.8 Å². The second-order valence-electron chi connectivity index (χ2n) is 12.0. The molecule has 2 atom stereocenters. The van der Waals surface area contributed by atoms with Crippen LogP contribution in [0.1, 0.15) is 84.6 Å². The van der Waals surface area contributed by atoms with Gasteiger partial charge in [-0.25, -0.2) is 0 Å². The summed E-state index contributed by atoms with van der Waals surface area (Å²) in [5.41, 5.74) is 0.995. The topological polar surface area (TPSA) is 90.5 Å². The summed E-state index contributed by atoms with van der Waals surface area (Å²) in [6.07, 6.45) is 7.59. The van der Waals surface area contributed by atoms with Gasteiger partial charge in [0, 0.05) is 25.4 Å². The molecule has 3 rings (SSSR count). The Kier molecular flexibility index (Phi) is 15.9. The number of carbonyl (C=O) groups is 3. The van der Waals surface area contributed by atoms with E-state index in [4.69, 9.17) is 0 Å². The minimum atomic E-state index is -0.699. The Balaban J connectivity index is 0.00000616. The van der Waals surface area contributed by atoms with E-state index in [9.17, 15) is 14.4 Å². The van der Waals surface area contributed by atoms with Crippen LogP contribution in [-0.4, -0.2) is 60.9 Å². The van der Waals surface area contributed by atoms with Crippen molar-refractivity contribution in [1.29, 1.82) is 0 Å². The lowest BCUT2D eigenvalue weighted by atomic mass is 10.00. The number of fused-ring (bicyclic) bond motifs is 1. The van der Waals surface area contributed by atoms with E-state index in [-0.39, 0.29) is 36.0 Å². The van der Waals surface area contributed by atoms with Gasteiger partial charge in [-0.1, -0.05) is 83.0 Å². The highest BCUT2D eigenvalue weighted by atomic mass is 35.5. The molecule has 42 heavy (non-hydrogen) atoms. The third kappa shape index (κ3) is 10.9. The van der Waals surface area contributed by atoms with E-state index in [0.717, 1.165) is 74.4 Å². The van der Waals surface area contributed by atoms with Crippen molar-refractivity contribution in [3.05, 3.63) is 48.0 Å². The fourth-order valence-corrected chi connectivity index (χ4v) is 5.71. The molecule has 8 heteroatoms. The zero-order valence-electron chi connectivity index (χ0n) is 26.1. The fraction of sp³-hybridized carbons (Fsp3) is 0.618. The lowest BCUT2D eigenvalue weighted by Gasteiger charge is -2.29. The van der Waals surface area contributed by atoms with E-state index >= 15 is 0 Å². The summed E-state index contributed by atoms with van der Waals surface area (Å²) in [5, 5.41) is 11.8.